The van der Waals surface area contributed by atoms with Crippen LogP contribution in [0.3, 0.4) is 0 Å². The van der Waals surface area contributed by atoms with Gasteiger partial charge in [0.2, 0.25) is 0 Å². The minimum absolute atomic E-state index is 0.231. The van der Waals surface area contributed by atoms with Crippen LogP contribution >= 0.6 is 0 Å². The molecule has 3 nitrogen and oxygen atoms in total. The van der Waals surface area contributed by atoms with Crippen LogP contribution in [0.1, 0.15) is 38.5 Å². The molecular formula is C10H18N2O. The summed E-state index contributed by atoms with van der Waals surface area (Å²) in [5.74, 6) is 0. The zero-order chi connectivity index (χ0) is 9.31. The van der Waals surface area contributed by atoms with Crippen LogP contribution in [-0.4, -0.2) is 24.0 Å². The lowest BCUT2D eigenvalue weighted by atomic mass is 9.78. The third-order valence-electron chi connectivity index (χ3n) is 3.64. The highest BCUT2D eigenvalue weighted by molar-refractivity contribution is 5.72. The van der Waals surface area contributed by atoms with Crippen molar-refractivity contribution >= 4 is 6.03 Å². The van der Waals surface area contributed by atoms with Crippen LogP contribution in [0.15, 0.2) is 0 Å². The molecule has 1 heterocycles. The second-order valence-corrected chi connectivity index (χ2v) is 4.57. The van der Waals surface area contributed by atoms with E-state index in [0.29, 0.717) is 5.41 Å². The minimum atomic E-state index is -0.231. The van der Waals surface area contributed by atoms with Crippen molar-refractivity contribution in [1.82, 2.24) is 4.90 Å². The number of rotatable bonds is 0. The molecule has 2 fully saturated rings. The Morgan fingerprint density at radius 2 is 1.77 bits per heavy atom. The Labute approximate surface area is 79.3 Å². The summed E-state index contributed by atoms with van der Waals surface area (Å²) < 4.78 is 0. The summed E-state index contributed by atoms with van der Waals surface area (Å²) in [7, 11) is 0. The molecule has 0 radical (unpaired) electrons. The van der Waals surface area contributed by atoms with Gasteiger partial charge in [-0.05, 0) is 31.1 Å². The van der Waals surface area contributed by atoms with Crippen molar-refractivity contribution < 1.29 is 4.79 Å². The first-order valence-electron chi connectivity index (χ1n) is 5.26. The van der Waals surface area contributed by atoms with Gasteiger partial charge >= 0.3 is 6.03 Å². The number of carbonyl (C=O) groups excluding carboxylic acids is 1. The molecule has 2 rings (SSSR count). The SMILES string of the molecule is NC(=O)N1CCCC2(CCCC2)C1. The van der Waals surface area contributed by atoms with Gasteiger partial charge in [-0.2, -0.15) is 0 Å². The number of hydrogen-bond acceptors (Lipinski definition) is 1. The molecule has 2 amide bonds. The monoisotopic (exact) mass is 182 g/mol. The van der Waals surface area contributed by atoms with E-state index in [2.05, 4.69) is 0 Å². The van der Waals surface area contributed by atoms with E-state index in [1.54, 1.807) is 0 Å². The lowest BCUT2D eigenvalue weighted by molar-refractivity contribution is 0.114. The molecule has 3 heteroatoms. The van der Waals surface area contributed by atoms with Crippen LogP contribution in [-0.2, 0) is 0 Å². The maximum Gasteiger partial charge on any atom is 0.314 e. The Kier molecular flexibility index (Phi) is 2.18. The van der Waals surface area contributed by atoms with Crippen molar-refractivity contribution in [3.63, 3.8) is 0 Å². The molecule has 0 aromatic rings. The summed E-state index contributed by atoms with van der Waals surface area (Å²) in [5.41, 5.74) is 5.76. The largest absolute Gasteiger partial charge is 0.351 e. The Bertz CT molecular complexity index is 209. The number of urea groups is 1. The van der Waals surface area contributed by atoms with Gasteiger partial charge in [0.15, 0.2) is 0 Å². The van der Waals surface area contributed by atoms with E-state index in [1.807, 2.05) is 4.90 Å². The van der Waals surface area contributed by atoms with Crippen molar-refractivity contribution in [2.75, 3.05) is 13.1 Å². The Balaban J connectivity index is 2.02. The quantitative estimate of drug-likeness (QED) is 0.609. The lowest BCUT2D eigenvalue weighted by Crippen LogP contribution is -2.47. The maximum atomic E-state index is 11.0. The van der Waals surface area contributed by atoms with Crippen LogP contribution < -0.4 is 5.73 Å². The average molecular weight is 182 g/mol. The van der Waals surface area contributed by atoms with E-state index in [1.165, 1.54) is 32.1 Å². The van der Waals surface area contributed by atoms with E-state index in [0.717, 1.165) is 19.5 Å². The van der Waals surface area contributed by atoms with Crippen molar-refractivity contribution in [3.8, 4) is 0 Å². The van der Waals surface area contributed by atoms with Gasteiger partial charge < -0.3 is 10.6 Å². The summed E-state index contributed by atoms with van der Waals surface area (Å²) in [6, 6.07) is -0.231. The predicted octanol–water partition coefficient (Wildman–Crippen LogP) is 1.72. The van der Waals surface area contributed by atoms with E-state index in [-0.39, 0.29) is 6.03 Å². The fourth-order valence-electron chi connectivity index (χ4n) is 2.93. The zero-order valence-corrected chi connectivity index (χ0v) is 8.09. The van der Waals surface area contributed by atoms with Gasteiger partial charge in [0.1, 0.15) is 0 Å². The topological polar surface area (TPSA) is 46.3 Å². The number of carbonyl (C=O) groups is 1. The molecule has 1 spiro atoms. The molecule has 0 aromatic carbocycles. The van der Waals surface area contributed by atoms with E-state index in [4.69, 9.17) is 5.73 Å². The van der Waals surface area contributed by atoms with Crippen LogP contribution in [0.2, 0.25) is 0 Å². The standard InChI is InChI=1S/C10H18N2O/c11-9(13)12-7-3-6-10(8-12)4-1-2-5-10/h1-8H2,(H2,11,13). The first-order valence-corrected chi connectivity index (χ1v) is 5.26. The summed E-state index contributed by atoms with van der Waals surface area (Å²) in [4.78, 5) is 12.9. The highest BCUT2D eigenvalue weighted by Crippen LogP contribution is 2.44. The van der Waals surface area contributed by atoms with Gasteiger partial charge in [0.25, 0.3) is 0 Å². The number of nitrogens with zero attached hydrogens (tertiary/aromatic N) is 1. The minimum Gasteiger partial charge on any atom is -0.351 e. The Morgan fingerprint density at radius 3 is 2.38 bits per heavy atom. The average Bonchev–Trinajstić information content (AvgIpc) is 2.53. The highest BCUT2D eigenvalue weighted by atomic mass is 16.2. The maximum absolute atomic E-state index is 11.0. The third-order valence-corrected chi connectivity index (χ3v) is 3.64. The number of nitrogens with two attached hydrogens (primary N) is 1. The number of amides is 2. The smallest absolute Gasteiger partial charge is 0.314 e. The molecule has 2 aliphatic rings. The van der Waals surface area contributed by atoms with E-state index < -0.39 is 0 Å². The molecule has 0 atom stereocenters. The molecule has 1 saturated heterocycles. The van der Waals surface area contributed by atoms with E-state index >= 15 is 0 Å². The Hall–Kier alpha value is -0.730. The zero-order valence-electron chi connectivity index (χ0n) is 8.09. The first kappa shape index (κ1) is 8.85. The molecule has 2 N–H and O–H groups in total. The van der Waals surface area contributed by atoms with E-state index in [9.17, 15) is 4.79 Å². The third kappa shape index (κ3) is 1.64. The first-order chi connectivity index (χ1) is 6.22. The number of hydrogen-bond donors (Lipinski definition) is 1. The second-order valence-electron chi connectivity index (χ2n) is 4.57. The predicted molar refractivity (Wildman–Crippen MR) is 51.3 cm³/mol. The fourth-order valence-corrected chi connectivity index (χ4v) is 2.93. The molecule has 0 unspecified atom stereocenters. The highest BCUT2D eigenvalue weighted by Gasteiger charge is 2.38. The van der Waals surface area contributed by atoms with Crippen LogP contribution in [0.25, 0.3) is 0 Å². The second kappa shape index (κ2) is 3.20. The summed E-state index contributed by atoms with van der Waals surface area (Å²) >= 11 is 0. The van der Waals surface area contributed by atoms with Gasteiger partial charge in [0, 0.05) is 13.1 Å². The van der Waals surface area contributed by atoms with Gasteiger partial charge in [-0.15, -0.1) is 0 Å². The summed E-state index contributed by atoms with van der Waals surface area (Å²) in [6.45, 7) is 1.79. The van der Waals surface area contributed by atoms with Crippen LogP contribution in [0.5, 0.6) is 0 Å². The molecule has 13 heavy (non-hydrogen) atoms. The normalized spacial score (nSPS) is 26.6. The van der Waals surface area contributed by atoms with Crippen molar-refractivity contribution in [2.24, 2.45) is 11.1 Å². The number of primary amides is 1. The van der Waals surface area contributed by atoms with Gasteiger partial charge in [-0.25, -0.2) is 4.79 Å². The molecule has 74 valence electrons. The molecule has 1 aliphatic heterocycles. The van der Waals surface area contributed by atoms with Crippen molar-refractivity contribution in [3.05, 3.63) is 0 Å². The molecular weight excluding hydrogens is 164 g/mol. The van der Waals surface area contributed by atoms with Crippen LogP contribution in [0, 0.1) is 5.41 Å². The fraction of sp³-hybridized carbons (Fsp3) is 0.900. The van der Waals surface area contributed by atoms with Gasteiger partial charge in [0.05, 0.1) is 0 Å². The van der Waals surface area contributed by atoms with Gasteiger partial charge in [-0.3, -0.25) is 0 Å². The van der Waals surface area contributed by atoms with Crippen LogP contribution in [0.4, 0.5) is 4.79 Å². The number of piperidine rings is 1. The molecule has 1 aliphatic carbocycles. The summed E-state index contributed by atoms with van der Waals surface area (Å²) in [5, 5.41) is 0. The molecule has 0 bridgehead atoms. The molecule has 1 saturated carbocycles. The summed E-state index contributed by atoms with van der Waals surface area (Å²) in [6.07, 6.45) is 7.73. The number of likely N-dealkylation sites (tertiary alicyclic amines) is 1. The van der Waals surface area contributed by atoms with Crippen molar-refractivity contribution in [2.45, 2.75) is 38.5 Å². The van der Waals surface area contributed by atoms with Crippen molar-refractivity contribution in [1.29, 1.82) is 0 Å². The van der Waals surface area contributed by atoms with Gasteiger partial charge in [-0.1, -0.05) is 12.8 Å². The Morgan fingerprint density at radius 1 is 1.15 bits per heavy atom. The molecule has 0 aromatic heterocycles. The lowest BCUT2D eigenvalue weighted by Gasteiger charge is -2.39.